The Kier molecular flexibility index (Phi) is 5.08. The second-order valence-corrected chi connectivity index (χ2v) is 6.97. The second-order valence-electron chi connectivity index (χ2n) is 6.53. The van der Waals surface area contributed by atoms with Crippen molar-refractivity contribution in [3.8, 4) is 0 Å². The Morgan fingerprint density at radius 1 is 1.07 bits per heavy atom. The standard InChI is InChI=1S/C20H18ClN5O2/c21-16-3-1-15(2-4-16)13-25-9-10-26-18(20(25)28)11-17(24-26)19(27)23-12-14-5-7-22-8-6-14/h1-8,11H,9-10,12-13H2,(H,23,27). The van der Waals surface area contributed by atoms with Crippen LogP contribution in [0.2, 0.25) is 5.02 Å². The first-order valence-corrected chi connectivity index (χ1v) is 9.26. The first-order valence-electron chi connectivity index (χ1n) is 8.89. The summed E-state index contributed by atoms with van der Waals surface area (Å²) < 4.78 is 1.60. The Morgan fingerprint density at radius 3 is 2.57 bits per heavy atom. The highest BCUT2D eigenvalue weighted by atomic mass is 35.5. The number of pyridine rings is 1. The summed E-state index contributed by atoms with van der Waals surface area (Å²) in [6.07, 6.45) is 3.34. The van der Waals surface area contributed by atoms with Crippen molar-refractivity contribution < 1.29 is 9.59 Å². The fourth-order valence-corrected chi connectivity index (χ4v) is 3.21. The van der Waals surface area contributed by atoms with E-state index in [0.717, 1.165) is 11.1 Å². The molecule has 0 saturated heterocycles. The highest BCUT2D eigenvalue weighted by Crippen LogP contribution is 2.18. The largest absolute Gasteiger partial charge is 0.347 e. The Hall–Kier alpha value is -3.19. The molecule has 0 saturated carbocycles. The number of fused-ring (bicyclic) bond motifs is 1. The molecule has 1 aromatic carbocycles. The number of carbonyl (C=O) groups excluding carboxylic acids is 2. The van der Waals surface area contributed by atoms with Crippen LogP contribution < -0.4 is 5.32 Å². The summed E-state index contributed by atoms with van der Waals surface area (Å²) in [4.78, 5) is 30.9. The molecule has 0 unspecified atom stereocenters. The normalized spacial score (nSPS) is 13.3. The predicted molar refractivity (Wildman–Crippen MR) is 104 cm³/mol. The van der Waals surface area contributed by atoms with E-state index in [1.54, 1.807) is 40.2 Å². The Bertz CT molecular complexity index is 1000. The predicted octanol–water partition coefficient (Wildman–Crippen LogP) is 2.52. The topological polar surface area (TPSA) is 80.1 Å². The first-order chi connectivity index (χ1) is 13.6. The van der Waals surface area contributed by atoms with Crippen molar-refractivity contribution in [2.45, 2.75) is 19.6 Å². The van der Waals surface area contributed by atoms with Crippen molar-refractivity contribution in [1.82, 2.24) is 25.0 Å². The third-order valence-electron chi connectivity index (χ3n) is 4.59. The monoisotopic (exact) mass is 395 g/mol. The van der Waals surface area contributed by atoms with Crippen molar-refractivity contribution in [2.24, 2.45) is 0 Å². The molecule has 0 atom stereocenters. The molecule has 142 valence electrons. The minimum absolute atomic E-state index is 0.137. The molecule has 0 aliphatic carbocycles. The molecule has 4 rings (SSSR count). The Balaban J connectivity index is 1.44. The van der Waals surface area contributed by atoms with Crippen molar-refractivity contribution in [3.05, 3.63) is 82.4 Å². The van der Waals surface area contributed by atoms with Crippen LogP contribution in [0.25, 0.3) is 0 Å². The van der Waals surface area contributed by atoms with Gasteiger partial charge in [0, 0.05) is 43.1 Å². The van der Waals surface area contributed by atoms with Crippen LogP contribution in [-0.4, -0.2) is 38.0 Å². The van der Waals surface area contributed by atoms with E-state index in [1.807, 2.05) is 24.3 Å². The van der Waals surface area contributed by atoms with Gasteiger partial charge >= 0.3 is 0 Å². The maximum Gasteiger partial charge on any atom is 0.272 e. The van der Waals surface area contributed by atoms with Gasteiger partial charge in [-0.1, -0.05) is 23.7 Å². The van der Waals surface area contributed by atoms with Crippen LogP contribution in [0.5, 0.6) is 0 Å². The van der Waals surface area contributed by atoms with Crippen molar-refractivity contribution in [1.29, 1.82) is 0 Å². The Labute approximate surface area is 166 Å². The second kappa shape index (κ2) is 7.82. The number of amides is 2. The van der Waals surface area contributed by atoms with E-state index in [-0.39, 0.29) is 17.5 Å². The van der Waals surface area contributed by atoms with Crippen molar-refractivity contribution >= 4 is 23.4 Å². The van der Waals surface area contributed by atoms with Gasteiger partial charge in [-0.3, -0.25) is 19.3 Å². The molecule has 3 aromatic rings. The first kappa shape index (κ1) is 18.2. The van der Waals surface area contributed by atoms with Gasteiger partial charge in [0.15, 0.2) is 5.69 Å². The lowest BCUT2D eigenvalue weighted by Gasteiger charge is -2.27. The van der Waals surface area contributed by atoms with E-state index in [1.165, 1.54) is 0 Å². The molecule has 3 heterocycles. The van der Waals surface area contributed by atoms with Crippen LogP contribution in [0, 0.1) is 0 Å². The lowest BCUT2D eigenvalue weighted by molar-refractivity contribution is 0.0683. The third-order valence-corrected chi connectivity index (χ3v) is 4.84. The zero-order valence-electron chi connectivity index (χ0n) is 15.0. The molecule has 0 radical (unpaired) electrons. The number of nitrogens with one attached hydrogen (secondary N) is 1. The molecule has 8 heteroatoms. The van der Waals surface area contributed by atoms with E-state index in [4.69, 9.17) is 11.6 Å². The SMILES string of the molecule is O=C(NCc1ccncc1)c1cc2n(n1)CCN(Cc1ccc(Cl)cc1)C2=O. The summed E-state index contributed by atoms with van der Waals surface area (Å²) in [7, 11) is 0. The summed E-state index contributed by atoms with van der Waals surface area (Å²) in [6.45, 7) is 1.95. The zero-order chi connectivity index (χ0) is 19.5. The van der Waals surface area contributed by atoms with Crippen molar-refractivity contribution in [3.63, 3.8) is 0 Å². The molecular formula is C20H18ClN5O2. The molecule has 0 fully saturated rings. The Morgan fingerprint density at radius 2 is 1.82 bits per heavy atom. The molecule has 7 nitrogen and oxygen atoms in total. The van der Waals surface area contributed by atoms with E-state index in [0.29, 0.717) is 36.9 Å². The molecule has 2 aromatic heterocycles. The van der Waals surface area contributed by atoms with Crippen LogP contribution in [0.4, 0.5) is 0 Å². The van der Waals surface area contributed by atoms with E-state index < -0.39 is 0 Å². The van der Waals surface area contributed by atoms with Gasteiger partial charge in [-0.05, 0) is 35.4 Å². The summed E-state index contributed by atoms with van der Waals surface area (Å²) in [5.74, 6) is -0.447. The number of hydrogen-bond acceptors (Lipinski definition) is 4. The highest BCUT2D eigenvalue weighted by Gasteiger charge is 2.27. The summed E-state index contributed by atoms with van der Waals surface area (Å²) >= 11 is 5.91. The maximum absolute atomic E-state index is 12.8. The fourth-order valence-electron chi connectivity index (χ4n) is 3.08. The molecular weight excluding hydrogens is 378 g/mol. The molecule has 0 spiro atoms. The number of carbonyl (C=O) groups is 2. The van der Waals surface area contributed by atoms with Crippen LogP contribution in [0.3, 0.4) is 0 Å². The lowest BCUT2D eigenvalue weighted by atomic mass is 10.2. The number of benzene rings is 1. The van der Waals surface area contributed by atoms with Crippen molar-refractivity contribution in [2.75, 3.05) is 6.54 Å². The third kappa shape index (κ3) is 3.89. The van der Waals surface area contributed by atoms with Gasteiger partial charge in [-0.2, -0.15) is 5.10 Å². The number of halogens is 1. The highest BCUT2D eigenvalue weighted by molar-refractivity contribution is 6.30. The summed E-state index contributed by atoms with van der Waals surface area (Å²) in [5.41, 5.74) is 2.61. The van der Waals surface area contributed by atoms with Gasteiger partial charge in [-0.25, -0.2) is 0 Å². The average molecular weight is 396 g/mol. The van der Waals surface area contributed by atoms with Crippen LogP contribution >= 0.6 is 11.6 Å². The van der Waals surface area contributed by atoms with Crippen LogP contribution in [-0.2, 0) is 19.6 Å². The molecule has 1 N–H and O–H groups in total. The van der Waals surface area contributed by atoms with Gasteiger partial charge in [0.05, 0.1) is 6.54 Å². The molecule has 28 heavy (non-hydrogen) atoms. The zero-order valence-corrected chi connectivity index (χ0v) is 15.8. The number of aromatic nitrogens is 3. The smallest absolute Gasteiger partial charge is 0.272 e. The quantitative estimate of drug-likeness (QED) is 0.719. The number of hydrogen-bond donors (Lipinski definition) is 1. The van der Waals surface area contributed by atoms with E-state index in [9.17, 15) is 9.59 Å². The number of rotatable bonds is 5. The summed E-state index contributed by atoms with van der Waals surface area (Å²) in [5, 5.41) is 7.77. The maximum atomic E-state index is 12.8. The number of nitrogens with zero attached hydrogens (tertiary/aromatic N) is 4. The van der Waals surface area contributed by atoms with Gasteiger partial charge in [-0.15, -0.1) is 0 Å². The van der Waals surface area contributed by atoms with Crippen LogP contribution in [0.1, 0.15) is 32.1 Å². The fraction of sp³-hybridized carbons (Fsp3) is 0.200. The average Bonchev–Trinajstić information content (AvgIpc) is 3.16. The van der Waals surface area contributed by atoms with Gasteiger partial charge < -0.3 is 10.2 Å². The molecule has 0 bridgehead atoms. The van der Waals surface area contributed by atoms with Gasteiger partial charge in [0.1, 0.15) is 5.69 Å². The minimum Gasteiger partial charge on any atom is -0.347 e. The van der Waals surface area contributed by atoms with E-state index in [2.05, 4.69) is 15.4 Å². The minimum atomic E-state index is -0.309. The van der Waals surface area contributed by atoms with Gasteiger partial charge in [0.2, 0.25) is 0 Å². The summed E-state index contributed by atoms with van der Waals surface area (Å²) in [6, 6.07) is 12.6. The lowest BCUT2D eigenvalue weighted by Crippen LogP contribution is -2.39. The van der Waals surface area contributed by atoms with Crippen LogP contribution in [0.15, 0.2) is 54.9 Å². The molecule has 2 amide bonds. The van der Waals surface area contributed by atoms with E-state index >= 15 is 0 Å². The molecule has 1 aliphatic heterocycles. The van der Waals surface area contributed by atoms with Gasteiger partial charge in [0.25, 0.3) is 11.8 Å². The molecule has 1 aliphatic rings.